The highest BCUT2D eigenvalue weighted by Crippen LogP contribution is 2.30. The van der Waals surface area contributed by atoms with Crippen molar-refractivity contribution in [2.75, 3.05) is 7.11 Å². The summed E-state index contributed by atoms with van der Waals surface area (Å²) in [5.74, 6) is 2.71. The summed E-state index contributed by atoms with van der Waals surface area (Å²) in [5, 5.41) is 10.8. The molecule has 0 spiro atoms. The van der Waals surface area contributed by atoms with Gasteiger partial charge in [0.1, 0.15) is 5.75 Å². The fraction of sp³-hybridized carbons (Fsp3) is 0.550. The van der Waals surface area contributed by atoms with Crippen molar-refractivity contribution in [2.24, 2.45) is 11.8 Å². The number of amides is 1. The summed E-state index contributed by atoms with van der Waals surface area (Å²) < 4.78 is 5.17. The Labute approximate surface area is 164 Å². The van der Waals surface area contributed by atoms with E-state index >= 15 is 0 Å². The molecule has 1 aromatic carbocycles. The summed E-state index contributed by atoms with van der Waals surface area (Å²) in [5.41, 5.74) is 0.928. The van der Waals surface area contributed by atoms with Gasteiger partial charge in [0.2, 0.25) is 11.1 Å². The molecule has 1 aliphatic carbocycles. The van der Waals surface area contributed by atoms with Gasteiger partial charge < -0.3 is 10.1 Å². The van der Waals surface area contributed by atoms with Crippen molar-refractivity contribution in [1.29, 1.82) is 0 Å². The summed E-state index contributed by atoms with van der Waals surface area (Å²) in [6.07, 6.45) is 3.50. The van der Waals surface area contributed by atoms with Gasteiger partial charge in [-0.2, -0.15) is 0 Å². The smallest absolute Gasteiger partial charge is 0.233 e. The second-order valence-corrected chi connectivity index (χ2v) is 8.65. The van der Waals surface area contributed by atoms with Crippen molar-refractivity contribution < 1.29 is 9.53 Å². The third-order valence-corrected chi connectivity index (χ3v) is 6.48. The molecule has 2 N–H and O–H groups in total. The van der Waals surface area contributed by atoms with E-state index in [9.17, 15) is 4.79 Å². The van der Waals surface area contributed by atoms with Gasteiger partial charge in [-0.1, -0.05) is 38.5 Å². The molecule has 27 heavy (non-hydrogen) atoms. The number of methoxy groups -OCH3 is 1. The number of rotatable bonds is 6. The van der Waals surface area contributed by atoms with Gasteiger partial charge in [-0.15, -0.1) is 5.10 Å². The molecule has 1 amide bonds. The Morgan fingerprint density at radius 3 is 2.74 bits per heavy atom. The molecule has 0 unspecified atom stereocenters. The van der Waals surface area contributed by atoms with Crippen molar-refractivity contribution in [3.05, 3.63) is 24.3 Å². The Bertz CT molecular complexity index is 762. The van der Waals surface area contributed by atoms with Gasteiger partial charge in [0, 0.05) is 11.6 Å². The average molecular weight is 389 g/mol. The van der Waals surface area contributed by atoms with Crippen LogP contribution < -0.4 is 10.1 Å². The second-order valence-electron chi connectivity index (χ2n) is 7.34. The number of nitrogens with one attached hydrogen (secondary N) is 2. The highest BCUT2D eigenvalue weighted by Gasteiger charge is 2.29. The van der Waals surface area contributed by atoms with Crippen LogP contribution in [0.5, 0.6) is 5.75 Å². The van der Waals surface area contributed by atoms with Crippen LogP contribution in [0, 0.1) is 11.8 Å². The number of nitrogens with zero attached hydrogens (tertiary/aromatic N) is 2. The maximum atomic E-state index is 12.6. The molecular formula is C20H28N4O2S. The second kappa shape index (κ2) is 8.78. The Morgan fingerprint density at radius 2 is 2.04 bits per heavy atom. The van der Waals surface area contributed by atoms with Crippen LogP contribution in [0.3, 0.4) is 0 Å². The van der Waals surface area contributed by atoms with Crippen LogP contribution in [-0.2, 0) is 4.79 Å². The van der Waals surface area contributed by atoms with Crippen LogP contribution in [0.15, 0.2) is 29.4 Å². The fourth-order valence-electron chi connectivity index (χ4n) is 3.47. The number of carbonyl (C=O) groups is 1. The molecule has 1 aromatic heterocycles. The topological polar surface area (TPSA) is 79.9 Å². The molecule has 1 fully saturated rings. The molecule has 3 rings (SSSR count). The first kappa shape index (κ1) is 19.7. The number of aromatic nitrogens is 3. The normalized spacial score (nSPS) is 23.6. The summed E-state index contributed by atoms with van der Waals surface area (Å²) in [7, 11) is 1.64. The number of ether oxygens (including phenoxy) is 1. The van der Waals surface area contributed by atoms with Crippen LogP contribution in [0.25, 0.3) is 11.4 Å². The lowest BCUT2D eigenvalue weighted by Crippen LogP contribution is -2.46. The first-order valence-electron chi connectivity index (χ1n) is 9.51. The highest BCUT2D eigenvalue weighted by atomic mass is 32.2. The summed E-state index contributed by atoms with van der Waals surface area (Å²) in [6, 6.07) is 7.89. The van der Waals surface area contributed by atoms with Gasteiger partial charge in [-0.05, 0) is 49.4 Å². The zero-order valence-corrected chi connectivity index (χ0v) is 17.2. The molecular weight excluding hydrogens is 360 g/mol. The lowest BCUT2D eigenvalue weighted by molar-refractivity contribution is -0.121. The van der Waals surface area contributed by atoms with Gasteiger partial charge in [0.05, 0.1) is 12.4 Å². The first-order valence-corrected chi connectivity index (χ1v) is 10.4. The van der Waals surface area contributed by atoms with E-state index in [0.717, 1.165) is 17.7 Å². The van der Waals surface area contributed by atoms with Crippen LogP contribution >= 0.6 is 11.8 Å². The average Bonchev–Trinajstić information content (AvgIpc) is 3.14. The van der Waals surface area contributed by atoms with Crippen molar-refractivity contribution in [3.63, 3.8) is 0 Å². The summed E-state index contributed by atoms with van der Waals surface area (Å²) in [6.45, 7) is 6.42. The number of benzene rings is 1. The lowest BCUT2D eigenvalue weighted by Gasteiger charge is -2.35. The summed E-state index contributed by atoms with van der Waals surface area (Å²) >= 11 is 1.38. The van der Waals surface area contributed by atoms with Gasteiger partial charge in [-0.3, -0.25) is 9.89 Å². The molecule has 6 nitrogen and oxygen atoms in total. The molecule has 0 bridgehead atoms. The van der Waals surface area contributed by atoms with Crippen LogP contribution in [0.2, 0.25) is 0 Å². The molecule has 1 aliphatic rings. The maximum absolute atomic E-state index is 12.6. The van der Waals surface area contributed by atoms with Gasteiger partial charge >= 0.3 is 0 Å². The first-order chi connectivity index (χ1) is 13.0. The van der Waals surface area contributed by atoms with E-state index in [1.54, 1.807) is 7.11 Å². The quantitative estimate of drug-likeness (QED) is 0.734. The van der Waals surface area contributed by atoms with Crippen LogP contribution in [-0.4, -0.2) is 39.5 Å². The number of aromatic amines is 1. The Balaban J connectivity index is 1.58. The van der Waals surface area contributed by atoms with Gasteiger partial charge in [0.15, 0.2) is 5.82 Å². The van der Waals surface area contributed by atoms with Crippen molar-refractivity contribution in [3.8, 4) is 17.1 Å². The predicted octanol–water partition coefficient (Wildman–Crippen LogP) is 3.90. The zero-order chi connectivity index (χ0) is 19.4. The standard InChI is InChI=1S/C20H28N4O2S/c1-12-6-5-7-17(13(12)2)21-19(25)14(3)27-20-22-18(23-24-20)15-8-10-16(26-4)11-9-15/h8-14,17H,5-7H2,1-4H3,(H,21,25)(H,22,23,24)/t12-,13-,14-,17+/m1/s1. The number of H-pyrrole nitrogens is 1. The fourth-order valence-corrected chi connectivity index (χ4v) is 4.21. The van der Waals surface area contributed by atoms with Crippen molar-refractivity contribution in [1.82, 2.24) is 20.5 Å². The van der Waals surface area contributed by atoms with Crippen molar-refractivity contribution in [2.45, 2.75) is 56.5 Å². The van der Waals surface area contributed by atoms with Crippen molar-refractivity contribution >= 4 is 17.7 Å². The van der Waals surface area contributed by atoms with Gasteiger partial charge in [-0.25, -0.2) is 4.98 Å². The molecule has 146 valence electrons. The Hall–Kier alpha value is -2.02. The highest BCUT2D eigenvalue weighted by molar-refractivity contribution is 8.00. The molecule has 2 aromatic rings. The lowest BCUT2D eigenvalue weighted by atomic mass is 9.78. The number of hydrogen-bond donors (Lipinski definition) is 2. The van der Waals surface area contributed by atoms with E-state index in [2.05, 4.69) is 34.3 Å². The third kappa shape index (κ3) is 4.83. The summed E-state index contributed by atoms with van der Waals surface area (Å²) in [4.78, 5) is 17.1. The zero-order valence-electron chi connectivity index (χ0n) is 16.4. The minimum Gasteiger partial charge on any atom is -0.497 e. The van der Waals surface area contributed by atoms with E-state index in [1.165, 1.54) is 24.6 Å². The Morgan fingerprint density at radius 1 is 1.30 bits per heavy atom. The largest absolute Gasteiger partial charge is 0.497 e. The molecule has 4 atom stereocenters. The van der Waals surface area contributed by atoms with E-state index in [4.69, 9.17) is 4.74 Å². The predicted molar refractivity (Wildman–Crippen MR) is 108 cm³/mol. The Kier molecular flexibility index (Phi) is 6.42. The SMILES string of the molecule is COc1ccc(-c2nc(S[C@H](C)C(=O)N[C@H]3CCC[C@@H](C)[C@H]3C)n[nH]2)cc1. The molecule has 0 radical (unpaired) electrons. The number of thioether (sulfide) groups is 1. The molecule has 7 heteroatoms. The maximum Gasteiger partial charge on any atom is 0.233 e. The third-order valence-electron chi connectivity index (χ3n) is 5.51. The minimum absolute atomic E-state index is 0.0572. The molecule has 1 heterocycles. The van der Waals surface area contributed by atoms with Crippen LogP contribution in [0.1, 0.15) is 40.0 Å². The van der Waals surface area contributed by atoms with E-state index in [-0.39, 0.29) is 17.2 Å². The number of hydrogen-bond acceptors (Lipinski definition) is 5. The molecule has 0 aliphatic heterocycles. The van der Waals surface area contributed by atoms with Gasteiger partial charge in [0.25, 0.3) is 0 Å². The van der Waals surface area contributed by atoms with Crippen LogP contribution in [0.4, 0.5) is 0 Å². The van der Waals surface area contributed by atoms with E-state index < -0.39 is 0 Å². The number of carbonyl (C=O) groups excluding carboxylic acids is 1. The molecule has 1 saturated carbocycles. The monoisotopic (exact) mass is 388 g/mol. The van der Waals surface area contributed by atoms with E-state index in [1.807, 2.05) is 31.2 Å². The molecule has 0 saturated heterocycles. The minimum atomic E-state index is -0.242. The van der Waals surface area contributed by atoms with E-state index in [0.29, 0.717) is 22.8 Å².